The molecule has 0 atom stereocenters. The van der Waals surface area contributed by atoms with Gasteiger partial charge >= 0.3 is 0 Å². The molecule has 16 heavy (non-hydrogen) atoms. The molecule has 0 saturated heterocycles. The Labute approximate surface area is 106 Å². The number of nitrogens with two attached hydrogens (primary N) is 1. The van der Waals surface area contributed by atoms with Gasteiger partial charge in [-0.05, 0) is 29.8 Å². The molecule has 0 aliphatic rings. The molecule has 0 bridgehead atoms. The number of nitrogens with zero attached hydrogens (tertiary/aromatic N) is 3. The molecular formula is C9H12BrN5S. The van der Waals surface area contributed by atoms with Gasteiger partial charge in [-0.25, -0.2) is 10.8 Å². The summed E-state index contributed by atoms with van der Waals surface area (Å²) in [5.74, 6) is 5.28. The van der Waals surface area contributed by atoms with Crippen LogP contribution in [0.2, 0.25) is 0 Å². The van der Waals surface area contributed by atoms with Crippen LogP contribution in [0.5, 0.6) is 0 Å². The number of anilines is 1. The molecule has 0 radical (unpaired) electrons. The maximum atomic E-state index is 5.28. The molecule has 7 heteroatoms. The maximum Gasteiger partial charge on any atom is 0.197 e. The number of aryl methyl sites for hydroxylation is 1. The number of aromatic nitrogens is 3. The molecule has 0 aromatic carbocycles. The van der Waals surface area contributed by atoms with Crippen LogP contribution in [0.4, 0.5) is 5.13 Å². The van der Waals surface area contributed by atoms with Crippen LogP contribution in [0.15, 0.2) is 10.7 Å². The van der Waals surface area contributed by atoms with Crippen molar-refractivity contribution >= 4 is 32.4 Å². The van der Waals surface area contributed by atoms with Gasteiger partial charge in [0.2, 0.25) is 0 Å². The average Bonchev–Trinajstić information content (AvgIpc) is 2.81. The number of thiazole rings is 1. The second-order valence-corrected chi connectivity index (χ2v) is 5.33. The van der Waals surface area contributed by atoms with Crippen molar-refractivity contribution in [3.8, 4) is 0 Å². The van der Waals surface area contributed by atoms with Crippen LogP contribution < -0.4 is 11.3 Å². The number of hydrogen-bond acceptors (Lipinski definition) is 5. The molecule has 0 unspecified atom stereocenters. The minimum Gasteiger partial charge on any atom is -0.300 e. The Hall–Kier alpha value is -0.920. The Kier molecular flexibility index (Phi) is 3.27. The van der Waals surface area contributed by atoms with E-state index in [1.54, 1.807) is 0 Å². The number of rotatable bonds is 3. The van der Waals surface area contributed by atoms with E-state index in [9.17, 15) is 0 Å². The van der Waals surface area contributed by atoms with Crippen molar-refractivity contribution < 1.29 is 0 Å². The Balaban J connectivity index is 2.23. The Bertz CT molecular complexity index is 504. The molecule has 0 spiro atoms. The number of hydrogen-bond donors (Lipinski definition) is 2. The molecule has 2 rings (SSSR count). The standard InChI is InChI=1S/C9H12BrN5S/c1-5-8(10)6(2)15(14-5)4-7-3-12-9(13-11)16-7/h3H,4,11H2,1-2H3,(H,12,13). The predicted molar refractivity (Wildman–Crippen MR) is 68.4 cm³/mol. The molecule has 2 aromatic heterocycles. The lowest BCUT2D eigenvalue weighted by molar-refractivity contribution is 0.665. The first-order valence-corrected chi connectivity index (χ1v) is 6.33. The normalized spacial score (nSPS) is 10.8. The van der Waals surface area contributed by atoms with Crippen LogP contribution in [-0.4, -0.2) is 14.8 Å². The molecule has 3 N–H and O–H groups in total. The third kappa shape index (κ3) is 2.11. The van der Waals surface area contributed by atoms with Crippen LogP contribution >= 0.6 is 27.3 Å². The molecule has 0 aliphatic carbocycles. The predicted octanol–water partition coefficient (Wildman–Crippen LogP) is 2.05. The number of hydrazine groups is 1. The van der Waals surface area contributed by atoms with Gasteiger partial charge < -0.3 is 0 Å². The Morgan fingerprint density at radius 1 is 1.56 bits per heavy atom. The van der Waals surface area contributed by atoms with Crippen LogP contribution in [0.3, 0.4) is 0 Å². The summed E-state index contributed by atoms with van der Waals surface area (Å²) in [6.45, 7) is 4.73. The van der Waals surface area contributed by atoms with E-state index in [0.29, 0.717) is 0 Å². The fourth-order valence-electron chi connectivity index (χ4n) is 1.42. The average molecular weight is 302 g/mol. The zero-order valence-electron chi connectivity index (χ0n) is 8.99. The lowest BCUT2D eigenvalue weighted by Gasteiger charge is -2.00. The molecule has 0 fully saturated rings. The van der Waals surface area contributed by atoms with Crippen LogP contribution in [0, 0.1) is 13.8 Å². The van der Waals surface area contributed by atoms with E-state index in [4.69, 9.17) is 5.84 Å². The van der Waals surface area contributed by atoms with E-state index in [-0.39, 0.29) is 0 Å². The van der Waals surface area contributed by atoms with E-state index in [1.165, 1.54) is 11.3 Å². The fourth-order valence-corrected chi connectivity index (χ4v) is 2.41. The highest BCUT2D eigenvalue weighted by Gasteiger charge is 2.10. The van der Waals surface area contributed by atoms with Gasteiger partial charge in [0, 0.05) is 11.1 Å². The Morgan fingerprint density at radius 3 is 2.81 bits per heavy atom. The third-order valence-electron chi connectivity index (χ3n) is 2.28. The van der Waals surface area contributed by atoms with Gasteiger partial charge in [0.05, 0.1) is 22.4 Å². The second kappa shape index (κ2) is 4.52. The number of nitrogen functional groups attached to an aromatic ring is 1. The van der Waals surface area contributed by atoms with Crippen molar-refractivity contribution in [1.29, 1.82) is 0 Å². The van der Waals surface area contributed by atoms with Crippen LogP contribution in [0.25, 0.3) is 0 Å². The van der Waals surface area contributed by atoms with Gasteiger partial charge in [0.25, 0.3) is 0 Å². The second-order valence-electron chi connectivity index (χ2n) is 3.42. The summed E-state index contributed by atoms with van der Waals surface area (Å²) >= 11 is 5.03. The summed E-state index contributed by atoms with van der Waals surface area (Å²) in [6.07, 6.45) is 1.81. The van der Waals surface area contributed by atoms with Crippen molar-refractivity contribution in [3.05, 3.63) is 26.9 Å². The lowest BCUT2D eigenvalue weighted by atomic mass is 10.4. The van der Waals surface area contributed by atoms with Gasteiger partial charge in [-0.2, -0.15) is 5.10 Å². The topological polar surface area (TPSA) is 68.8 Å². The molecule has 0 amide bonds. The van der Waals surface area contributed by atoms with Crippen LogP contribution in [0.1, 0.15) is 16.3 Å². The van der Waals surface area contributed by atoms with Gasteiger partial charge in [-0.15, -0.1) is 0 Å². The quantitative estimate of drug-likeness (QED) is 0.672. The summed E-state index contributed by atoms with van der Waals surface area (Å²) in [4.78, 5) is 5.24. The molecule has 0 saturated carbocycles. The van der Waals surface area contributed by atoms with Crippen molar-refractivity contribution in [3.63, 3.8) is 0 Å². The molecule has 2 aromatic rings. The first-order valence-electron chi connectivity index (χ1n) is 4.72. The SMILES string of the molecule is Cc1nn(Cc2cnc(NN)s2)c(C)c1Br. The van der Waals surface area contributed by atoms with Crippen molar-refractivity contribution in [2.75, 3.05) is 5.43 Å². The highest BCUT2D eigenvalue weighted by Crippen LogP contribution is 2.23. The molecular weight excluding hydrogens is 290 g/mol. The summed E-state index contributed by atoms with van der Waals surface area (Å²) < 4.78 is 3.02. The van der Waals surface area contributed by atoms with E-state index >= 15 is 0 Å². The van der Waals surface area contributed by atoms with E-state index in [0.717, 1.165) is 32.4 Å². The van der Waals surface area contributed by atoms with E-state index < -0.39 is 0 Å². The first-order chi connectivity index (χ1) is 7.61. The first kappa shape index (κ1) is 11.6. The monoisotopic (exact) mass is 301 g/mol. The fraction of sp³-hybridized carbons (Fsp3) is 0.333. The summed E-state index contributed by atoms with van der Waals surface area (Å²) in [5.41, 5.74) is 4.65. The molecule has 5 nitrogen and oxygen atoms in total. The zero-order chi connectivity index (χ0) is 11.7. The summed E-state index contributed by atoms with van der Waals surface area (Å²) in [6, 6.07) is 0. The molecule has 2 heterocycles. The number of nitrogens with one attached hydrogen (secondary N) is 1. The van der Waals surface area contributed by atoms with Crippen molar-refractivity contribution in [2.24, 2.45) is 5.84 Å². The van der Waals surface area contributed by atoms with Crippen molar-refractivity contribution in [1.82, 2.24) is 14.8 Å². The van der Waals surface area contributed by atoms with Gasteiger partial charge in [0.1, 0.15) is 0 Å². The van der Waals surface area contributed by atoms with Gasteiger partial charge in [0.15, 0.2) is 5.13 Å². The van der Waals surface area contributed by atoms with Gasteiger partial charge in [-0.1, -0.05) is 11.3 Å². The van der Waals surface area contributed by atoms with E-state index in [1.807, 2.05) is 24.7 Å². The highest BCUT2D eigenvalue weighted by molar-refractivity contribution is 9.10. The summed E-state index contributed by atoms with van der Waals surface area (Å²) in [7, 11) is 0. The van der Waals surface area contributed by atoms with Crippen LogP contribution in [-0.2, 0) is 6.54 Å². The maximum absolute atomic E-state index is 5.28. The largest absolute Gasteiger partial charge is 0.300 e. The van der Waals surface area contributed by atoms with Crippen molar-refractivity contribution in [2.45, 2.75) is 20.4 Å². The smallest absolute Gasteiger partial charge is 0.197 e. The zero-order valence-corrected chi connectivity index (χ0v) is 11.4. The molecule has 0 aliphatic heterocycles. The molecule has 86 valence electrons. The summed E-state index contributed by atoms with van der Waals surface area (Å²) in [5, 5.41) is 5.16. The highest BCUT2D eigenvalue weighted by atomic mass is 79.9. The van der Waals surface area contributed by atoms with E-state index in [2.05, 4.69) is 31.4 Å². The minimum atomic E-state index is 0.718. The minimum absolute atomic E-state index is 0.718. The third-order valence-corrected chi connectivity index (χ3v) is 4.34. The Morgan fingerprint density at radius 2 is 2.31 bits per heavy atom. The number of halogens is 1. The lowest BCUT2D eigenvalue weighted by Crippen LogP contribution is -2.05. The van der Waals surface area contributed by atoms with Gasteiger partial charge in [-0.3, -0.25) is 10.1 Å².